The van der Waals surface area contributed by atoms with E-state index in [0.717, 1.165) is 6.42 Å². The predicted molar refractivity (Wildman–Crippen MR) is 140 cm³/mol. The molecule has 0 spiro atoms. The third kappa shape index (κ3) is 24.0. The van der Waals surface area contributed by atoms with Crippen molar-refractivity contribution in [2.45, 2.75) is 174 Å². The molecule has 0 aliphatic carbocycles. The van der Waals surface area contributed by atoms with Gasteiger partial charge in [0.15, 0.2) is 0 Å². The summed E-state index contributed by atoms with van der Waals surface area (Å²) < 4.78 is 0. The van der Waals surface area contributed by atoms with Crippen LogP contribution < -0.4 is 0 Å². The summed E-state index contributed by atoms with van der Waals surface area (Å²) in [6.07, 6.45) is 37.8. The molecule has 0 N–H and O–H groups in total. The van der Waals surface area contributed by atoms with Crippen molar-refractivity contribution in [2.75, 3.05) is 0 Å². The minimum Gasteiger partial charge on any atom is -0.0853 e. The van der Waals surface area contributed by atoms with Gasteiger partial charge in [0.2, 0.25) is 0 Å². The van der Waals surface area contributed by atoms with Crippen molar-refractivity contribution in [2.24, 2.45) is 0 Å². The van der Waals surface area contributed by atoms with Gasteiger partial charge in [0.05, 0.1) is 0 Å². The van der Waals surface area contributed by atoms with E-state index in [1.54, 1.807) is 5.57 Å². The third-order valence-corrected chi connectivity index (χ3v) is 6.59. The van der Waals surface area contributed by atoms with E-state index < -0.39 is 0 Å². The Balaban J connectivity index is 3.88. The minimum atomic E-state index is 1.11. The van der Waals surface area contributed by atoms with Crippen molar-refractivity contribution in [1.82, 2.24) is 0 Å². The van der Waals surface area contributed by atoms with Crippen LogP contribution in [0, 0.1) is 6.92 Å². The van der Waals surface area contributed by atoms with Crippen LogP contribution >= 0.6 is 0 Å². The van der Waals surface area contributed by atoms with Gasteiger partial charge in [0.25, 0.3) is 0 Å². The van der Waals surface area contributed by atoms with Gasteiger partial charge in [-0.05, 0) is 38.5 Å². The first-order chi connectivity index (χ1) is 14.8. The molecule has 0 bridgehead atoms. The zero-order valence-electron chi connectivity index (χ0n) is 21.5. The summed E-state index contributed by atoms with van der Waals surface area (Å²) in [5.74, 6) is 0. The van der Waals surface area contributed by atoms with E-state index in [1.807, 2.05) is 0 Å². The van der Waals surface area contributed by atoms with Crippen LogP contribution in [-0.4, -0.2) is 0 Å². The van der Waals surface area contributed by atoms with Crippen LogP contribution in [0.4, 0.5) is 0 Å². The zero-order valence-corrected chi connectivity index (χ0v) is 21.5. The molecule has 0 nitrogen and oxygen atoms in total. The second kappa shape index (κ2) is 26.8. The van der Waals surface area contributed by atoms with Gasteiger partial charge < -0.3 is 0 Å². The maximum atomic E-state index is 3.96. The third-order valence-electron chi connectivity index (χ3n) is 6.59. The lowest BCUT2D eigenvalue weighted by atomic mass is 9.97. The van der Waals surface area contributed by atoms with Gasteiger partial charge in [-0.2, -0.15) is 0 Å². The van der Waals surface area contributed by atoms with Gasteiger partial charge in [-0.25, -0.2) is 0 Å². The van der Waals surface area contributed by atoms with E-state index in [2.05, 4.69) is 26.8 Å². The van der Waals surface area contributed by atoms with Crippen LogP contribution in [0.25, 0.3) is 0 Å². The predicted octanol–water partition coefficient (Wildman–Crippen LogP) is 11.5. The number of unbranched alkanes of at least 4 members (excludes halogenated alkanes) is 20. The summed E-state index contributed by atoms with van der Waals surface area (Å²) in [7, 11) is 0. The molecular formula is C30H59. The highest BCUT2D eigenvalue weighted by atomic mass is 14.1. The van der Waals surface area contributed by atoms with Crippen molar-refractivity contribution in [3.63, 3.8) is 0 Å². The Morgan fingerprint density at radius 3 is 1.27 bits per heavy atom. The first-order valence-electron chi connectivity index (χ1n) is 14.3. The quantitative estimate of drug-likeness (QED) is 0.102. The van der Waals surface area contributed by atoms with Gasteiger partial charge in [0.1, 0.15) is 0 Å². The standard InChI is InChI=1S/C30H59/c1-4-7-10-13-16-17-18-20-23-26-29-30(27-24-21-15-12-9-6-3)28-25-22-19-14-11-8-5-2/h28H,3-27,29H2,1-2H3/b30-28+. The molecule has 0 heteroatoms. The molecule has 0 amide bonds. The van der Waals surface area contributed by atoms with Gasteiger partial charge in [-0.1, -0.05) is 154 Å². The van der Waals surface area contributed by atoms with Gasteiger partial charge in [-0.15, -0.1) is 0 Å². The molecule has 0 rings (SSSR count). The van der Waals surface area contributed by atoms with Crippen LogP contribution in [0.2, 0.25) is 0 Å². The SMILES string of the molecule is [CH2]CCCCCCC/C(=C\CCCCCCCC)CCCCCCCCCCCC. The van der Waals surface area contributed by atoms with Crippen molar-refractivity contribution < 1.29 is 0 Å². The van der Waals surface area contributed by atoms with E-state index >= 15 is 0 Å². The molecule has 0 heterocycles. The maximum Gasteiger partial charge on any atom is -0.0320 e. The lowest BCUT2D eigenvalue weighted by Crippen LogP contribution is -1.89. The Bertz CT molecular complexity index is 327. The number of allylic oxidation sites excluding steroid dienone is 2. The molecule has 30 heavy (non-hydrogen) atoms. The van der Waals surface area contributed by atoms with E-state index in [9.17, 15) is 0 Å². The van der Waals surface area contributed by atoms with E-state index in [-0.39, 0.29) is 0 Å². The van der Waals surface area contributed by atoms with Crippen molar-refractivity contribution in [3.05, 3.63) is 18.6 Å². The first kappa shape index (κ1) is 29.7. The van der Waals surface area contributed by atoms with E-state index in [1.165, 1.54) is 154 Å². The fourth-order valence-electron chi connectivity index (χ4n) is 4.46. The molecular weight excluding hydrogens is 360 g/mol. The minimum absolute atomic E-state index is 1.11. The summed E-state index contributed by atoms with van der Waals surface area (Å²) in [6.45, 7) is 8.58. The monoisotopic (exact) mass is 419 g/mol. The fourth-order valence-corrected chi connectivity index (χ4v) is 4.46. The zero-order chi connectivity index (χ0) is 22.0. The van der Waals surface area contributed by atoms with E-state index in [4.69, 9.17) is 0 Å². The van der Waals surface area contributed by atoms with Gasteiger partial charge in [0, 0.05) is 0 Å². The van der Waals surface area contributed by atoms with Gasteiger partial charge in [-0.3, -0.25) is 0 Å². The van der Waals surface area contributed by atoms with Crippen molar-refractivity contribution in [3.8, 4) is 0 Å². The summed E-state index contributed by atoms with van der Waals surface area (Å²) in [5, 5.41) is 0. The normalized spacial score (nSPS) is 12.0. The van der Waals surface area contributed by atoms with Crippen LogP contribution in [0.1, 0.15) is 174 Å². The van der Waals surface area contributed by atoms with E-state index in [0.29, 0.717) is 0 Å². The Labute approximate surface area is 193 Å². The van der Waals surface area contributed by atoms with Crippen LogP contribution in [0.3, 0.4) is 0 Å². The average Bonchev–Trinajstić information content (AvgIpc) is 2.76. The second-order valence-corrected chi connectivity index (χ2v) is 9.72. The fraction of sp³-hybridized carbons (Fsp3) is 0.900. The Hall–Kier alpha value is -0.260. The largest absolute Gasteiger partial charge is 0.0853 e. The molecule has 0 fully saturated rings. The molecule has 0 aromatic heterocycles. The Kier molecular flexibility index (Phi) is 26.5. The highest BCUT2D eigenvalue weighted by Crippen LogP contribution is 2.20. The van der Waals surface area contributed by atoms with Crippen LogP contribution in [-0.2, 0) is 0 Å². The maximum absolute atomic E-state index is 3.96. The molecule has 0 aromatic rings. The number of hydrogen-bond acceptors (Lipinski definition) is 0. The van der Waals surface area contributed by atoms with Crippen LogP contribution in [0.15, 0.2) is 11.6 Å². The summed E-state index contributed by atoms with van der Waals surface area (Å²) in [5.41, 5.74) is 1.79. The lowest BCUT2D eigenvalue weighted by Gasteiger charge is -2.09. The van der Waals surface area contributed by atoms with Crippen LogP contribution in [0.5, 0.6) is 0 Å². The van der Waals surface area contributed by atoms with Crippen molar-refractivity contribution in [1.29, 1.82) is 0 Å². The molecule has 0 unspecified atom stereocenters. The Morgan fingerprint density at radius 2 is 0.833 bits per heavy atom. The molecule has 0 saturated heterocycles. The second-order valence-electron chi connectivity index (χ2n) is 9.72. The number of hydrogen-bond donors (Lipinski definition) is 0. The highest BCUT2D eigenvalue weighted by Gasteiger charge is 2.00. The summed E-state index contributed by atoms with van der Waals surface area (Å²) in [4.78, 5) is 0. The first-order valence-corrected chi connectivity index (χ1v) is 14.3. The number of rotatable bonds is 25. The summed E-state index contributed by atoms with van der Waals surface area (Å²) in [6, 6.07) is 0. The average molecular weight is 420 g/mol. The van der Waals surface area contributed by atoms with Crippen molar-refractivity contribution >= 4 is 0 Å². The molecule has 0 saturated carbocycles. The molecule has 0 atom stereocenters. The summed E-state index contributed by atoms with van der Waals surface area (Å²) >= 11 is 0. The molecule has 1 radical (unpaired) electrons. The highest BCUT2D eigenvalue weighted by molar-refractivity contribution is 5.01. The molecule has 179 valence electrons. The molecule has 0 aliphatic rings. The topological polar surface area (TPSA) is 0 Å². The molecule has 0 aromatic carbocycles. The smallest absolute Gasteiger partial charge is 0.0320 e. The molecule has 0 aliphatic heterocycles. The lowest BCUT2D eigenvalue weighted by molar-refractivity contribution is 0.551. The Morgan fingerprint density at radius 1 is 0.467 bits per heavy atom. The van der Waals surface area contributed by atoms with Gasteiger partial charge >= 0.3 is 0 Å².